The molecule has 1 aromatic heterocycles. The van der Waals surface area contributed by atoms with Crippen LogP contribution in [0.2, 0.25) is 0 Å². The highest BCUT2D eigenvalue weighted by Crippen LogP contribution is 2.24. The average Bonchev–Trinajstić information content (AvgIpc) is 2.46. The summed E-state index contributed by atoms with van der Waals surface area (Å²) in [5, 5.41) is 0. The summed E-state index contributed by atoms with van der Waals surface area (Å²) in [4.78, 5) is 10.8. The van der Waals surface area contributed by atoms with Gasteiger partial charge in [0.2, 0.25) is 5.95 Å². The molecule has 5 nitrogen and oxygen atoms in total. The first kappa shape index (κ1) is 16.2. The van der Waals surface area contributed by atoms with Gasteiger partial charge in [0.1, 0.15) is 5.75 Å². The van der Waals surface area contributed by atoms with Crippen molar-refractivity contribution in [1.29, 1.82) is 0 Å². The van der Waals surface area contributed by atoms with E-state index in [4.69, 9.17) is 10.5 Å². The Balaban J connectivity index is 0.00000200. The van der Waals surface area contributed by atoms with Crippen molar-refractivity contribution in [2.45, 2.75) is 6.54 Å². The molecule has 0 bridgehead atoms. The van der Waals surface area contributed by atoms with Crippen molar-refractivity contribution in [3.8, 4) is 17.0 Å². The molecule has 0 fully saturated rings. The van der Waals surface area contributed by atoms with E-state index in [0.29, 0.717) is 12.5 Å². The maximum Gasteiger partial charge on any atom is 0.225 e. The molecule has 0 spiro atoms. The van der Waals surface area contributed by atoms with Gasteiger partial charge in [-0.3, -0.25) is 0 Å². The van der Waals surface area contributed by atoms with E-state index in [0.717, 1.165) is 22.7 Å². The van der Waals surface area contributed by atoms with Crippen LogP contribution in [0.3, 0.4) is 0 Å². The van der Waals surface area contributed by atoms with E-state index in [1.165, 1.54) is 0 Å². The van der Waals surface area contributed by atoms with Gasteiger partial charge in [0.15, 0.2) is 0 Å². The Kier molecular flexibility index (Phi) is 5.73. The van der Waals surface area contributed by atoms with Gasteiger partial charge < -0.3 is 15.4 Å². The molecule has 0 aliphatic heterocycles. The van der Waals surface area contributed by atoms with Gasteiger partial charge in [-0.25, -0.2) is 9.97 Å². The number of nitrogens with two attached hydrogens (primary N) is 1. The van der Waals surface area contributed by atoms with Gasteiger partial charge in [0.05, 0.1) is 18.5 Å². The zero-order valence-electron chi connectivity index (χ0n) is 11.8. The Morgan fingerprint density at radius 1 is 1.20 bits per heavy atom. The Hall–Kier alpha value is -1.85. The number of halogens is 1. The molecule has 0 radical (unpaired) electrons. The quantitative estimate of drug-likeness (QED) is 0.935. The molecule has 1 aromatic carbocycles. The van der Waals surface area contributed by atoms with E-state index in [9.17, 15) is 0 Å². The third-order valence-corrected chi connectivity index (χ3v) is 2.74. The predicted molar refractivity (Wildman–Crippen MR) is 83.5 cm³/mol. The molecular formula is C14H19ClN4O. The molecule has 0 saturated heterocycles. The van der Waals surface area contributed by atoms with Crippen LogP contribution in [0.25, 0.3) is 11.3 Å². The highest BCUT2D eigenvalue weighted by Gasteiger charge is 2.08. The normalized spacial score (nSPS) is 9.80. The largest absolute Gasteiger partial charge is 0.497 e. The zero-order valence-corrected chi connectivity index (χ0v) is 12.6. The van der Waals surface area contributed by atoms with Crippen molar-refractivity contribution in [3.63, 3.8) is 0 Å². The molecule has 0 atom stereocenters. The molecule has 0 amide bonds. The zero-order chi connectivity index (χ0) is 13.8. The van der Waals surface area contributed by atoms with Crippen molar-refractivity contribution in [1.82, 2.24) is 9.97 Å². The molecule has 2 N–H and O–H groups in total. The first-order valence-electron chi connectivity index (χ1n) is 6.04. The van der Waals surface area contributed by atoms with E-state index in [2.05, 4.69) is 9.97 Å². The number of ether oxygens (including phenoxy) is 1. The number of rotatable bonds is 4. The van der Waals surface area contributed by atoms with E-state index < -0.39 is 0 Å². The maximum absolute atomic E-state index is 5.69. The fourth-order valence-corrected chi connectivity index (χ4v) is 1.72. The monoisotopic (exact) mass is 294 g/mol. The van der Waals surface area contributed by atoms with Crippen LogP contribution in [0.4, 0.5) is 5.95 Å². The molecule has 20 heavy (non-hydrogen) atoms. The molecule has 1 heterocycles. The molecule has 6 heteroatoms. The number of hydrogen-bond acceptors (Lipinski definition) is 5. The summed E-state index contributed by atoms with van der Waals surface area (Å²) < 4.78 is 5.23. The molecule has 0 unspecified atom stereocenters. The van der Waals surface area contributed by atoms with E-state index in [-0.39, 0.29) is 12.4 Å². The summed E-state index contributed by atoms with van der Waals surface area (Å²) >= 11 is 0. The maximum atomic E-state index is 5.69. The van der Waals surface area contributed by atoms with Crippen molar-refractivity contribution in [3.05, 3.63) is 36.0 Å². The third-order valence-electron chi connectivity index (χ3n) is 2.74. The first-order valence-corrected chi connectivity index (χ1v) is 6.04. The number of benzene rings is 1. The minimum absolute atomic E-state index is 0. The summed E-state index contributed by atoms with van der Waals surface area (Å²) in [5.41, 5.74) is 8.34. The van der Waals surface area contributed by atoms with Gasteiger partial charge in [0.25, 0.3) is 0 Å². The highest BCUT2D eigenvalue weighted by atomic mass is 35.5. The first-order chi connectivity index (χ1) is 9.13. The van der Waals surface area contributed by atoms with Crippen molar-refractivity contribution < 1.29 is 4.74 Å². The number of aromatic nitrogens is 2. The van der Waals surface area contributed by atoms with Crippen LogP contribution < -0.4 is 15.4 Å². The minimum Gasteiger partial charge on any atom is -0.497 e. The second-order valence-electron chi connectivity index (χ2n) is 4.38. The minimum atomic E-state index is 0. The van der Waals surface area contributed by atoms with Gasteiger partial charge >= 0.3 is 0 Å². The molecule has 2 aromatic rings. The van der Waals surface area contributed by atoms with Gasteiger partial charge in [-0.15, -0.1) is 12.4 Å². The Morgan fingerprint density at radius 2 is 1.95 bits per heavy atom. The third kappa shape index (κ3) is 3.59. The molecule has 0 aliphatic rings. The Bertz CT molecular complexity index is 575. The lowest BCUT2D eigenvalue weighted by Gasteiger charge is -2.13. The summed E-state index contributed by atoms with van der Waals surface area (Å²) in [6.07, 6.45) is 0. The Morgan fingerprint density at radius 3 is 2.55 bits per heavy atom. The van der Waals surface area contributed by atoms with Gasteiger partial charge in [0, 0.05) is 26.2 Å². The molecule has 0 saturated carbocycles. The number of nitrogens with zero attached hydrogens (tertiary/aromatic N) is 3. The van der Waals surface area contributed by atoms with Crippen LogP contribution in [0.15, 0.2) is 30.3 Å². The Labute approximate surface area is 125 Å². The summed E-state index contributed by atoms with van der Waals surface area (Å²) in [5.74, 6) is 1.46. The number of methoxy groups -OCH3 is 1. The second-order valence-corrected chi connectivity index (χ2v) is 4.38. The lowest BCUT2D eigenvalue weighted by molar-refractivity contribution is 0.415. The molecule has 0 aliphatic carbocycles. The van der Waals surface area contributed by atoms with Crippen molar-refractivity contribution in [2.24, 2.45) is 5.73 Å². The molecule has 108 valence electrons. The lowest BCUT2D eigenvalue weighted by atomic mass is 10.1. The van der Waals surface area contributed by atoms with E-state index >= 15 is 0 Å². The number of hydrogen-bond donors (Lipinski definition) is 1. The van der Waals surface area contributed by atoms with E-state index in [1.807, 2.05) is 49.3 Å². The predicted octanol–water partition coefficient (Wildman–Crippen LogP) is 2.10. The van der Waals surface area contributed by atoms with Crippen molar-refractivity contribution >= 4 is 18.4 Å². The lowest BCUT2D eigenvalue weighted by Crippen LogP contribution is -2.15. The molecule has 2 rings (SSSR count). The van der Waals surface area contributed by atoms with Crippen molar-refractivity contribution in [2.75, 3.05) is 26.1 Å². The fourth-order valence-electron chi connectivity index (χ4n) is 1.72. The smallest absolute Gasteiger partial charge is 0.225 e. The van der Waals surface area contributed by atoms with Gasteiger partial charge in [-0.05, 0) is 18.2 Å². The molecular weight excluding hydrogens is 276 g/mol. The number of anilines is 1. The van der Waals surface area contributed by atoms with Crippen LogP contribution >= 0.6 is 12.4 Å². The topological polar surface area (TPSA) is 64.3 Å². The van der Waals surface area contributed by atoms with Crippen LogP contribution in [0, 0.1) is 0 Å². The summed E-state index contributed by atoms with van der Waals surface area (Å²) in [7, 11) is 5.46. The second kappa shape index (κ2) is 7.07. The average molecular weight is 295 g/mol. The van der Waals surface area contributed by atoms with Gasteiger partial charge in [-0.1, -0.05) is 12.1 Å². The van der Waals surface area contributed by atoms with Crippen LogP contribution in [-0.4, -0.2) is 31.2 Å². The fraction of sp³-hybridized carbons (Fsp3) is 0.286. The van der Waals surface area contributed by atoms with E-state index in [1.54, 1.807) is 7.11 Å². The summed E-state index contributed by atoms with van der Waals surface area (Å²) in [6, 6.07) is 9.68. The van der Waals surface area contributed by atoms with Crippen LogP contribution in [0.5, 0.6) is 5.75 Å². The SMILES string of the molecule is COc1cccc(-c2cc(CN)nc(N(C)C)n2)c1.Cl. The summed E-state index contributed by atoms with van der Waals surface area (Å²) in [6.45, 7) is 0.389. The van der Waals surface area contributed by atoms with Gasteiger partial charge in [-0.2, -0.15) is 0 Å². The van der Waals surface area contributed by atoms with Crippen LogP contribution in [-0.2, 0) is 6.54 Å². The standard InChI is InChI=1S/C14H18N4O.ClH/c1-18(2)14-16-11(9-15)8-13(17-14)10-5-4-6-12(7-10)19-3;/h4-8H,9,15H2,1-3H3;1H. The van der Waals surface area contributed by atoms with Crippen LogP contribution in [0.1, 0.15) is 5.69 Å². The highest BCUT2D eigenvalue weighted by molar-refractivity contribution is 5.85.